The van der Waals surface area contributed by atoms with Gasteiger partial charge in [-0.1, -0.05) is 24.3 Å². The number of ether oxygens (including phenoxy) is 1. The fourth-order valence-electron chi connectivity index (χ4n) is 1.98. The molecule has 1 aromatic carbocycles. The number of carbonyl (C=O) groups is 1. The van der Waals surface area contributed by atoms with Crippen molar-refractivity contribution in [2.45, 2.75) is 13.1 Å². The number of aromatic nitrogens is 1. The number of fused-ring (bicyclic) bond motifs is 1. The average molecular weight is 240 g/mol. The molecule has 3 rings (SSSR count). The number of hydrogen-bond acceptors (Lipinski definition) is 3. The minimum Gasteiger partial charge on any atom is -0.410 e. The van der Waals surface area contributed by atoms with Gasteiger partial charge in [0.25, 0.3) is 0 Å². The molecule has 0 aliphatic carbocycles. The van der Waals surface area contributed by atoms with Crippen LogP contribution < -0.4 is 4.74 Å². The molecule has 90 valence electrons. The number of para-hydroxylation sites is 1. The zero-order valence-electron chi connectivity index (χ0n) is 9.74. The second-order valence-electron chi connectivity index (χ2n) is 4.15. The Morgan fingerprint density at radius 1 is 1.11 bits per heavy atom. The Morgan fingerprint density at radius 2 is 1.94 bits per heavy atom. The van der Waals surface area contributed by atoms with E-state index in [4.69, 9.17) is 4.74 Å². The standard InChI is InChI=1S/C14H12N2O2/c17-14(18-12-6-2-1-3-7-12)16-9-11-5-4-8-15-13(11)10-16/h1-8H,9-10H2. The van der Waals surface area contributed by atoms with Crippen molar-refractivity contribution in [2.75, 3.05) is 0 Å². The number of carbonyl (C=O) groups excluding carboxylic acids is 1. The molecule has 1 amide bonds. The first-order valence-corrected chi connectivity index (χ1v) is 5.77. The van der Waals surface area contributed by atoms with E-state index in [2.05, 4.69) is 4.98 Å². The lowest BCUT2D eigenvalue weighted by atomic mass is 10.2. The minimum atomic E-state index is -0.334. The fraction of sp³-hybridized carbons (Fsp3) is 0.143. The van der Waals surface area contributed by atoms with Gasteiger partial charge in [-0.15, -0.1) is 0 Å². The van der Waals surface area contributed by atoms with Gasteiger partial charge >= 0.3 is 6.09 Å². The summed E-state index contributed by atoms with van der Waals surface area (Å²) in [5.41, 5.74) is 2.03. The van der Waals surface area contributed by atoms with Crippen molar-refractivity contribution < 1.29 is 9.53 Å². The highest BCUT2D eigenvalue weighted by Gasteiger charge is 2.25. The van der Waals surface area contributed by atoms with E-state index in [9.17, 15) is 4.79 Å². The molecule has 1 aromatic heterocycles. The Kier molecular flexibility index (Phi) is 2.68. The van der Waals surface area contributed by atoms with Gasteiger partial charge in [-0.25, -0.2) is 4.79 Å². The molecule has 0 saturated carbocycles. The smallest absolute Gasteiger partial charge is 0.410 e. The summed E-state index contributed by atoms with van der Waals surface area (Å²) in [6, 6.07) is 12.9. The Labute approximate surface area is 105 Å². The van der Waals surface area contributed by atoms with Crippen molar-refractivity contribution in [1.29, 1.82) is 0 Å². The summed E-state index contributed by atoms with van der Waals surface area (Å²) < 4.78 is 5.29. The number of nitrogens with zero attached hydrogens (tertiary/aromatic N) is 2. The molecule has 4 heteroatoms. The lowest BCUT2D eigenvalue weighted by Gasteiger charge is -2.14. The van der Waals surface area contributed by atoms with E-state index in [0.717, 1.165) is 11.3 Å². The maximum atomic E-state index is 12.0. The van der Waals surface area contributed by atoms with Crippen molar-refractivity contribution in [3.63, 3.8) is 0 Å². The second kappa shape index (κ2) is 4.49. The van der Waals surface area contributed by atoms with E-state index in [-0.39, 0.29) is 6.09 Å². The molecular formula is C14H12N2O2. The van der Waals surface area contributed by atoms with Crippen LogP contribution in [0.15, 0.2) is 48.7 Å². The molecule has 4 nitrogen and oxygen atoms in total. The van der Waals surface area contributed by atoms with Crippen LogP contribution in [0.4, 0.5) is 4.79 Å². The van der Waals surface area contributed by atoms with Gasteiger partial charge < -0.3 is 4.74 Å². The average Bonchev–Trinajstić information content (AvgIpc) is 2.84. The van der Waals surface area contributed by atoms with Gasteiger partial charge in [-0.3, -0.25) is 9.88 Å². The molecule has 0 N–H and O–H groups in total. The first-order chi connectivity index (χ1) is 8.83. The molecule has 0 spiro atoms. The highest BCUT2D eigenvalue weighted by Crippen LogP contribution is 2.21. The molecule has 1 aliphatic heterocycles. The van der Waals surface area contributed by atoms with Gasteiger partial charge in [0, 0.05) is 6.20 Å². The highest BCUT2D eigenvalue weighted by molar-refractivity contribution is 5.71. The van der Waals surface area contributed by atoms with Crippen LogP contribution in [0.1, 0.15) is 11.3 Å². The number of rotatable bonds is 1. The molecule has 0 atom stereocenters. The molecule has 1 aliphatic rings. The summed E-state index contributed by atoms with van der Waals surface area (Å²) >= 11 is 0. The molecule has 2 heterocycles. The molecular weight excluding hydrogens is 228 g/mol. The number of pyridine rings is 1. The van der Waals surface area contributed by atoms with E-state index in [1.807, 2.05) is 30.3 Å². The van der Waals surface area contributed by atoms with Crippen LogP contribution in [-0.4, -0.2) is 16.0 Å². The van der Waals surface area contributed by atoms with Crippen LogP contribution in [-0.2, 0) is 13.1 Å². The van der Waals surface area contributed by atoms with Crippen molar-refractivity contribution in [3.05, 3.63) is 59.9 Å². The second-order valence-corrected chi connectivity index (χ2v) is 4.15. The Balaban J connectivity index is 1.70. The van der Waals surface area contributed by atoms with E-state index in [1.54, 1.807) is 23.2 Å². The maximum absolute atomic E-state index is 12.0. The quantitative estimate of drug-likeness (QED) is 0.769. The van der Waals surface area contributed by atoms with Crippen LogP contribution in [0.5, 0.6) is 5.75 Å². The van der Waals surface area contributed by atoms with Crippen LogP contribution in [0.3, 0.4) is 0 Å². The molecule has 0 fully saturated rings. The Hall–Kier alpha value is -2.36. The third kappa shape index (κ3) is 2.05. The number of hydrogen-bond donors (Lipinski definition) is 0. The number of amides is 1. The zero-order chi connectivity index (χ0) is 12.4. The van der Waals surface area contributed by atoms with Gasteiger partial charge in [0.15, 0.2) is 0 Å². The lowest BCUT2D eigenvalue weighted by molar-refractivity contribution is 0.152. The van der Waals surface area contributed by atoms with Crippen molar-refractivity contribution in [1.82, 2.24) is 9.88 Å². The summed E-state index contributed by atoms with van der Waals surface area (Å²) in [4.78, 5) is 17.9. The Bertz CT molecular complexity index is 544. The zero-order valence-corrected chi connectivity index (χ0v) is 9.74. The highest BCUT2D eigenvalue weighted by atomic mass is 16.6. The molecule has 0 saturated heterocycles. The van der Waals surface area contributed by atoms with Crippen molar-refractivity contribution in [2.24, 2.45) is 0 Å². The lowest BCUT2D eigenvalue weighted by Crippen LogP contribution is -2.28. The molecule has 0 unspecified atom stereocenters. The van der Waals surface area contributed by atoms with E-state index in [1.165, 1.54) is 0 Å². The van der Waals surface area contributed by atoms with Crippen molar-refractivity contribution in [3.8, 4) is 5.75 Å². The Morgan fingerprint density at radius 3 is 2.72 bits per heavy atom. The summed E-state index contributed by atoms with van der Waals surface area (Å²) in [5, 5.41) is 0. The third-order valence-corrected chi connectivity index (χ3v) is 2.89. The minimum absolute atomic E-state index is 0.334. The summed E-state index contributed by atoms with van der Waals surface area (Å²) in [5.74, 6) is 0.561. The van der Waals surface area contributed by atoms with Crippen LogP contribution in [0.2, 0.25) is 0 Å². The first kappa shape index (κ1) is 10.8. The summed E-state index contributed by atoms with van der Waals surface area (Å²) in [7, 11) is 0. The summed E-state index contributed by atoms with van der Waals surface area (Å²) in [6.07, 6.45) is 1.41. The van der Waals surface area contributed by atoms with Gasteiger partial charge in [-0.2, -0.15) is 0 Å². The number of benzene rings is 1. The van der Waals surface area contributed by atoms with E-state index in [0.29, 0.717) is 18.8 Å². The van der Waals surface area contributed by atoms with E-state index >= 15 is 0 Å². The largest absolute Gasteiger partial charge is 0.415 e. The fourth-order valence-corrected chi connectivity index (χ4v) is 1.98. The monoisotopic (exact) mass is 240 g/mol. The molecule has 18 heavy (non-hydrogen) atoms. The topological polar surface area (TPSA) is 42.4 Å². The normalized spacial score (nSPS) is 13.2. The first-order valence-electron chi connectivity index (χ1n) is 5.77. The maximum Gasteiger partial charge on any atom is 0.415 e. The predicted octanol–water partition coefficient (Wildman–Crippen LogP) is 2.60. The molecule has 2 aromatic rings. The van der Waals surface area contributed by atoms with Crippen LogP contribution >= 0.6 is 0 Å². The van der Waals surface area contributed by atoms with Gasteiger partial charge in [-0.05, 0) is 23.8 Å². The molecule has 0 radical (unpaired) electrons. The van der Waals surface area contributed by atoms with Crippen molar-refractivity contribution >= 4 is 6.09 Å². The molecule has 0 bridgehead atoms. The summed E-state index contributed by atoms with van der Waals surface area (Å²) in [6.45, 7) is 1.08. The van der Waals surface area contributed by atoms with Gasteiger partial charge in [0.1, 0.15) is 5.75 Å². The van der Waals surface area contributed by atoms with Gasteiger partial charge in [0.2, 0.25) is 0 Å². The van der Waals surface area contributed by atoms with Crippen LogP contribution in [0, 0.1) is 0 Å². The third-order valence-electron chi connectivity index (χ3n) is 2.89. The predicted molar refractivity (Wildman–Crippen MR) is 66.0 cm³/mol. The van der Waals surface area contributed by atoms with E-state index < -0.39 is 0 Å². The van der Waals surface area contributed by atoms with Gasteiger partial charge in [0.05, 0.1) is 18.8 Å². The van der Waals surface area contributed by atoms with Crippen LogP contribution in [0.25, 0.3) is 0 Å². The SMILES string of the molecule is O=C(Oc1ccccc1)N1Cc2cccnc2C1.